The van der Waals surface area contributed by atoms with Crippen LogP contribution in [-0.2, 0) is 6.54 Å². The first kappa shape index (κ1) is 19.6. The Bertz CT molecular complexity index is 1400. The maximum Gasteiger partial charge on any atom is 0.270 e. The van der Waals surface area contributed by atoms with E-state index in [4.69, 9.17) is 0 Å². The van der Waals surface area contributed by atoms with Crippen LogP contribution in [0.5, 0.6) is 0 Å². The van der Waals surface area contributed by atoms with E-state index in [1.165, 1.54) is 10.6 Å². The van der Waals surface area contributed by atoms with Crippen LogP contribution in [0, 0.1) is 5.82 Å². The van der Waals surface area contributed by atoms with Gasteiger partial charge in [-0.3, -0.25) is 9.78 Å². The zero-order valence-electron chi connectivity index (χ0n) is 16.9. The average molecular weight is 423 g/mol. The van der Waals surface area contributed by atoms with Gasteiger partial charge in [0.25, 0.3) is 5.91 Å². The number of nitrogens with zero attached hydrogens (tertiary/aromatic N) is 4. The lowest BCUT2D eigenvalue weighted by atomic mass is 10.1. The third-order valence-corrected chi connectivity index (χ3v) is 5.08. The van der Waals surface area contributed by atoms with E-state index in [1.54, 1.807) is 42.7 Å². The van der Waals surface area contributed by atoms with Crippen molar-refractivity contribution in [2.24, 2.45) is 0 Å². The predicted octanol–water partition coefficient (Wildman–Crippen LogP) is 4.53. The summed E-state index contributed by atoms with van der Waals surface area (Å²) in [6.07, 6.45) is 3.34. The van der Waals surface area contributed by atoms with Crippen LogP contribution < -0.4 is 5.32 Å². The number of nitrogens with one attached hydrogen (secondary N) is 1. The number of rotatable bonds is 5. The molecule has 0 saturated carbocycles. The number of aromatic nitrogens is 4. The van der Waals surface area contributed by atoms with Crippen LogP contribution in [0.3, 0.4) is 0 Å². The number of fused-ring (bicyclic) bond motifs is 1. The standard InChI is InChI=1S/C25H18FN5O/c26-20-9-5-4-8-19(20)22-14-23(25(32)28-16-17-10-12-27-13-11-17)31-24(29-22)15-21(30-31)18-6-2-1-3-7-18/h1-15H,16H2,(H,28,32). The van der Waals surface area contributed by atoms with Gasteiger partial charge in [0, 0.05) is 36.1 Å². The van der Waals surface area contributed by atoms with Crippen molar-refractivity contribution < 1.29 is 9.18 Å². The molecule has 0 unspecified atom stereocenters. The Kier molecular flexibility index (Phi) is 5.13. The Morgan fingerprint density at radius 2 is 1.66 bits per heavy atom. The lowest BCUT2D eigenvalue weighted by molar-refractivity contribution is 0.0943. The van der Waals surface area contributed by atoms with Gasteiger partial charge in [0.05, 0.1) is 11.4 Å². The number of hydrogen-bond donors (Lipinski definition) is 1. The van der Waals surface area contributed by atoms with Gasteiger partial charge < -0.3 is 5.32 Å². The largest absolute Gasteiger partial charge is 0.347 e. The zero-order valence-corrected chi connectivity index (χ0v) is 16.9. The minimum absolute atomic E-state index is 0.268. The van der Waals surface area contributed by atoms with Gasteiger partial charge in [0.2, 0.25) is 0 Å². The molecule has 0 aliphatic heterocycles. The Morgan fingerprint density at radius 1 is 0.906 bits per heavy atom. The minimum Gasteiger partial charge on any atom is -0.347 e. The van der Waals surface area contributed by atoms with Crippen LogP contribution in [0.15, 0.2) is 91.3 Å². The number of benzene rings is 2. The van der Waals surface area contributed by atoms with Gasteiger partial charge >= 0.3 is 0 Å². The molecule has 0 fully saturated rings. The molecular formula is C25H18FN5O. The highest BCUT2D eigenvalue weighted by Gasteiger charge is 2.18. The number of halogens is 1. The summed E-state index contributed by atoms with van der Waals surface area (Å²) in [5.74, 6) is -0.746. The maximum absolute atomic E-state index is 14.5. The van der Waals surface area contributed by atoms with E-state index in [2.05, 4.69) is 20.4 Å². The van der Waals surface area contributed by atoms with Crippen molar-refractivity contribution in [1.82, 2.24) is 24.9 Å². The summed E-state index contributed by atoms with van der Waals surface area (Å²) >= 11 is 0. The van der Waals surface area contributed by atoms with Crippen LogP contribution >= 0.6 is 0 Å². The van der Waals surface area contributed by atoms with Crippen molar-refractivity contribution in [2.45, 2.75) is 6.54 Å². The molecule has 0 bridgehead atoms. The first-order chi connectivity index (χ1) is 15.7. The molecule has 0 aliphatic carbocycles. The van der Waals surface area contributed by atoms with Gasteiger partial charge in [-0.25, -0.2) is 13.9 Å². The molecule has 2 aromatic carbocycles. The third kappa shape index (κ3) is 3.83. The molecule has 5 rings (SSSR count). The van der Waals surface area contributed by atoms with Gasteiger partial charge in [-0.1, -0.05) is 42.5 Å². The molecule has 1 N–H and O–H groups in total. The molecule has 3 aromatic heterocycles. The highest BCUT2D eigenvalue weighted by molar-refractivity contribution is 5.94. The second kappa shape index (κ2) is 8.39. The lowest BCUT2D eigenvalue weighted by Gasteiger charge is -2.10. The van der Waals surface area contributed by atoms with E-state index in [9.17, 15) is 9.18 Å². The fourth-order valence-corrected chi connectivity index (χ4v) is 3.47. The normalized spacial score (nSPS) is 10.9. The van der Waals surface area contributed by atoms with Crippen molar-refractivity contribution in [2.75, 3.05) is 0 Å². The van der Waals surface area contributed by atoms with E-state index in [-0.39, 0.29) is 11.6 Å². The van der Waals surface area contributed by atoms with Crippen LogP contribution in [0.2, 0.25) is 0 Å². The summed E-state index contributed by atoms with van der Waals surface area (Å²) in [4.78, 5) is 21.7. The van der Waals surface area contributed by atoms with E-state index >= 15 is 0 Å². The molecule has 32 heavy (non-hydrogen) atoms. The average Bonchev–Trinajstić information content (AvgIpc) is 3.28. The molecular weight excluding hydrogens is 405 g/mol. The smallest absolute Gasteiger partial charge is 0.270 e. The molecule has 0 saturated heterocycles. The number of amides is 1. The summed E-state index contributed by atoms with van der Waals surface area (Å²) in [5, 5.41) is 7.51. The molecule has 3 heterocycles. The van der Waals surface area contributed by atoms with Crippen LogP contribution in [-0.4, -0.2) is 25.5 Å². The molecule has 0 spiro atoms. The Morgan fingerprint density at radius 3 is 2.44 bits per heavy atom. The number of carbonyl (C=O) groups excluding carboxylic acids is 1. The number of carbonyl (C=O) groups is 1. The minimum atomic E-state index is -0.407. The van der Waals surface area contributed by atoms with E-state index in [1.807, 2.05) is 42.5 Å². The number of pyridine rings is 1. The maximum atomic E-state index is 14.5. The summed E-state index contributed by atoms with van der Waals surface area (Å²) < 4.78 is 16.0. The molecule has 6 nitrogen and oxygen atoms in total. The summed E-state index contributed by atoms with van der Waals surface area (Å²) in [6.45, 7) is 0.326. The first-order valence-electron chi connectivity index (χ1n) is 10.1. The van der Waals surface area contributed by atoms with Crippen LogP contribution in [0.25, 0.3) is 28.2 Å². The Labute approximate surface area is 183 Å². The van der Waals surface area contributed by atoms with Crippen LogP contribution in [0.4, 0.5) is 4.39 Å². The van der Waals surface area contributed by atoms with Gasteiger partial charge in [0.15, 0.2) is 5.65 Å². The van der Waals surface area contributed by atoms with Gasteiger partial charge in [0.1, 0.15) is 11.5 Å². The Balaban J connectivity index is 1.60. The summed E-state index contributed by atoms with van der Waals surface area (Å²) in [7, 11) is 0. The monoisotopic (exact) mass is 423 g/mol. The third-order valence-electron chi connectivity index (χ3n) is 5.08. The van der Waals surface area contributed by atoms with Crippen molar-refractivity contribution in [3.05, 3.63) is 108 Å². The SMILES string of the molecule is O=C(NCc1ccncc1)c1cc(-c2ccccc2F)nc2cc(-c3ccccc3)nn12. The van der Waals surface area contributed by atoms with Gasteiger partial charge in [-0.2, -0.15) is 5.10 Å². The summed E-state index contributed by atoms with van der Waals surface area (Å²) in [5.41, 5.74) is 3.90. The van der Waals surface area contributed by atoms with Crippen molar-refractivity contribution >= 4 is 11.6 Å². The molecule has 0 aliphatic rings. The van der Waals surface area contributed by atoms with E-state index in [0.29, 0.717) is 29.1 Å². The van der Waals surface area contributed by atoms with Crippen molar-refractivity contribution in [3.63, 3.8) is 0 Å². The molecule has 0 atom stereocenters. The molecule has 1 amide bonds. The van der Waals surface area contributed by atoms with E-state index in [0.717, 1.165) is 11.1 Å². The highest BCUT2D eigenvalue weighted by Crippen LogP contribution is 2.25. The second-order valence-electron chi connectivity index (χ2n) is 7.21. The molecule has 0 radical (unpaired) electrons. The zero-order chi connectivity index (χ0) is 21.9. The van der Waals surface area contributed by atoms with Crippen molar-refractivity contribution in [3.8, 4) is 22.5 Å². The molecule has 5 aromatic rings. The quantitative estimate of drug-likeness (QED) is 0.451. The van der Waals surface area contributed by atoms with Crippen LogP contribution in [0.1, 0.15) is 16.1 Å². The summed E-state index contributed by atoms with van der Waals surface area (Å²) in [6, 6.07) is 23.0. The topological polar surface area (TPSA) is 72.2 Å². The number of hydrogen-bond acceptors (Lipinski definition) is 4. The lowest BCUT2D eigenvalue weighted by Crippen LogP contribution is -2.25. The highest BCUT2D eigenvalue weighted by atomic mass is 19.1. The van der Waals surface area contributed by atoms with Gasteiger partial charge in [-0.15, -0.1) is 0 Å². The fraction of sp³-hybridized carbons (Fsp3) is 0.0400. The Hall–Kier alpha value is -4.39. The molecule has 7 heteroatoms. The predicted molar refractivity (Wildman–Crippen MR) is 119 cm³/mol. The first-order valence-corrected chi connectivity index (χ1v) is 10.1. The second-order valence-corrected chi connectivity index (χ2v) is 7.21. The van der Waals surface area contributed by atoms with E-state index < -0.39 is 5.82 Å². The van der Waals surface area contributed by atoms with Crippen molar-refractivity contribution in [1.29, 1.82) is 0 Å². The molecule has 156 valence electrons. The van der Waals surface area contributed by atoms with Gasteiger partial charge in [-0.05, 0) is 35.9 Å². The fourth-order valence-electron chi connectivity index (χ4n) is 3.47.